The summed E-state index contributed by atoms with van der Waals surface area (Å²) in [5, 5.41) is 0. The smallest absolute Gasteiger partial charge is 0.285 e. The molecule has 0 amide bonds. The predicted molar refractivity (Wildman–Crippen MR) is 94.3 cm³/mol. The average molecular weight is 376 g/mol. The Morgan fingerprint density at radius 2 is 1.62 bits per heavy atom. The Balaban J connectivity index is 1.55. The van der Waals surface area contributed by atoms with Crippen LogP contribution in [-0.4, -0.2) is 18.6 Å². The molecule has 0 aromatic rings. The van der Waals surface area contributed by atoms with E-state index in [2.05, 4.69) is 17.7 Å². The van der Waals surface area contributed by atoms with Crippen molar-refractivity contribution in [3.05, 3.63) is 11.6 Å². The van der Waals surface area contributed by atoms with E-state index >= 15 is 0 Å². The van der Waals surface area contributed by atoms with Gasteiger partial charge in [0.2, 0.25) is 0 Å². The van der Waals surface area contributed by atoms with Crippen molar-refractivity contribution in [2.75, 3.05) is 0 Å². The molecule has 0 radical (unpaired) electrons. The lowest BCUT2D eigenvalue weighted by Crippen LogP contribution is -2.43. The number of halogens is 4. The highest BCUT2D eigenvalue weighted by Gasteiger charge is 2.44. The van der Waals surface area contributed by atoms with Gasteiger partial charge in [0, 0.05) is 0 Å². The van der Waals surface area contributed by atoms with E-state index in [1.165, 1.54) is 31.3 Å². The average Bonchev–Trinajstić information content (AvgIpc) is 2.59. The standard InChI is InChI=1S/C21H32F4O/c1-13-3-5-15(6-4-13)16-7-9-17(10-8-16)18-11-12-19(20(22)14(18)2)26-21(23,24)25/h9,13-16,18-20H,3-8,10-12H2,1-2H3. The Morgan fingerprint density at radius 1 is 0.923 bits per heavy atom. The van der Waals surface area contributed by atoms with Crippen molar-refractivity contribution in [1.29, 1.82) is 0 Å². The van der Waals surface area contributed by atoms with Crippen LogP contribution in [0.2, 0.25) is 0 Å². The van der Waals surface area contributed by atoms with Crippen LogP contribution in [0.15, 0.2) is 11.6 Å². The largest absolute Gasteiger partial charge is 0.522 e. The molecule has 2 fully saturated rings. The van der Waals surface area contributed by atoms with E-state index in [9.17, 15) is 17.6 Å². The lowest BCUT2D eigenvalue weighted by Gasteiger charge is -2.41. The van der Waals surface area contributed by atoms with Crippen molar-refractivity contribution in [3.8, 4) is 0 Å². The van der Waals surface area contributed by atoms with Gasteiger partial charge in [-0.1, -0.05) is 38.3 Å². The molecule has 0 saturated heterocycles. The van der Waals surface area contributed by atoms with Gasteiger partial charge in [0.15, 0.2) is 0 Å². The monoisotopic (exact) mass is 376 g/mol. The van der Waals surface area contributed by atoms with Crippen molar-refractivity contribution in [2.45, 2.75) is 90.3 Å². The Morgan fingerprint density at radius 3 is 2.19 bits per heavy atom. The fraction of sp³-hybridized carbons (Fsp3) is 0.905. The molecule has 3 rings (SSSR count). The zero-order chi connectivity index (χ0) is 18.9. The maximum absolute atomic E-state index is 14.5. The van der Waals surface area contributed by atoms with Gasteiger partial charge in [0.1, 0.15) is 6.17 Å². The topological polar surface area (TPSA) is 9.23 Å². The molecule has 0 aromatic heterocycles. The molecule has 5 heteroatoms. The van der Waals surface area contributed by atoms with Crippen LogP contribution in [-0.2, 0) is 4.74 Å². The molecule has 3 aliphatic rings. The van der Waals surface area contributed by atoms with Gasteiger partial charge in [0.25, 0.3) is 0 Å². The zero-order valence-corrected chi connectivity index (χ0v) is 15.9. The van der Waals surface area contributed by atoms with E-state index in [0.717, 1.165) is 37.0 Å². The van der Waals surface area contributed by atoms with Crippen LogP contribution >= 0.6 is 0 Å². The fourth-order valence-corrected chi connectivity index (χ4v) is 5.54. The van der Waals surface area contributed by atoms with Gasteiger partial charge in [-0.05, 0) is 74.5 Å². The molecule has 0 N–H and O–H groups in total. The Hall–Kier alpha value is -0.580. The Labute approximate surface area is 154 Å². The van der Waals surface area contributed by atoms with Crippen molar-refractivity contribution >= 4 is 0 Å². The minimum Gasteiger partial charge on any atom is -0.285 e. The minimum atomic E-state index is -4.75. The molecular formula is C21H32F4O. The van der Waals surface area contributed by atoms with E-state index in [1.54, 1.807) is 6.92 Å². The van der Waals surface area contributed by atoms with Crippen molar-refractivity contribution in [2.24, 2.45) is 29.6 Å². The molecule has 150 valence electrons. The highest BCUT2D eigenvalue weighted by Crippen LogP contribution is 2.45. The fourth-order valence-electron chi connectivity index (χ4n) is 5.54. The molecule has 0 bridgehead atoms. The third-order valence-corrected chi connectivity index (χ3v) is 7.23. The van der Waals surface area contributed by atoms with Crippen molar-refractivity contribution in [1.82, 2.24) is 0 Å². The van der Waals surface area contributed by atoms with Gasteiger partial charge in [0.05, 0.1) is 6.10 Å². The van der Waals surface area contributed by atoms with Crippen LogP contribution in [0.25, 0.3) is 0 Å². The first-order valence-electron chi connectivity index (χ1n) is 10.3. The maximum Gasteiger partial charge on any atom is 0.522 e. The van der Waals surface area contributed by atoms with Crippen LogP contribution in [0, 0.1) is 29.6 Å². The van der Waals surface area contributed by atoms with E-state index < -0.39 is 24.6 Å². The number of ether oxygens (including phenoxy) is 1. The maximum atomic E-state index is 14.5. The molecule has 5 unspecified atom stereocenters. The highest BCUT2D eigenvalue weighted by atomic mass is 19.4. The highest BCUT2D eigenvalue weighted by molar-refractivity contribution is 5.14. The second-order valence-electron chi connectivity index (χ2n) is 8.92. The molecule has 0 heterocycles. The summed E-state index contributed by atoms with van der Waals surface area (Å²) in [7, 11) is 0. The molecule has 0 aliphatic heterocycles. The molecular weight excluding hydrogens is 344 g/mol. The van der Waals surface area contributed by atoms with E-state index in [4.69, 9.17) is 0 Å². The van der Waals surface area contributed by atoms with Crippen molar-refractivity contribution in [3.63, 3.8) is 0 Å². The quantitative estimate of drug-likeness (QED) is 0.387. The van der Waals surface area contributed by atoms with Crippen LogP contribution in [0.1, 0.15) is 71.6 Å². The van der Waals surface area contributed by atoms with Gasteiger partial charge in [-0.2, -0.15) is 0 Å². The van der Waals surface area contributed by atoms with E-state index in [1.807, 2.05) is 0 Å². The van der Waals surface area contributed by atoms with Crippen LogP contribution in [0.4, 0.5) is 17.6 Å². The summed E-state index contributed by atoms with van der Waals surface area (Å²) in [6, 6.07) is 0. The van der Waals surface area contributed by atoms with E-state index in [0.29, 0.717) is 6.42 Å². The van der Waals surface area contributed by atoms with E-state index in [-0.39, 0.29) is 12.3 Å². The Bertz CT molecular complexity index is 493. The SMILES string of the molecule is CC1CCC(C2CC=C(C3CCC(OC(F)(F)F)C(F)C3C)CC2)CC1. The van der Waals surface area contributed by atoms with Crippen molar-refractivity contribution < 1.29 is 22.3 Å². The van der Waals surface area contributed by atoms with Gasteiger partial charge < -0.3 is 0 Å². The summed E-state index contributed by atoms with van der Waals surface area (Å²) in [6.07, 6.45) is 3.95. The molecule has 3 aliphatic carbocycles. The normalized spacial score (nSPS) is 42.4. The first-order chi connectivity index (χ1) is 12.2. The summed E-state index contributed by atoms with van der Waals surface area (Å²) in [4.78, 5) is 0. The number of hydrogen-bond acceptors (Lipinski definition) is 1. The van der Waals surface area contributed by atoms with Crippen LogP contribution < -0.4 is 0 Å². The predicted octanol–water partition coefficient (Wildman–Crippen LogP) is 6.83. The molecule has 26 heavy (non-hydrogen) atoms. The number of allylic oxidation sites excluding steroid dienone is 2. The summed E-state index contributed by atoms with van der Waals surface area (Å²) < 4.78 is 55.8. The lowest BCUT2D eigenvalue weighted by molar-refractivity contribution is -0.353. The van der Waals surface area contributed by atoms with Crippen LogP contribution in [0.5, 0.6) is 0 Å². The minimum absolute atomic E-state index is 0.0745. The molecule has 2 saturated carbocycles. The molecule has 1 nitrogen and oxygen atoms in total. The van der Waals surface area contributed by atoms with Gasteiger partial charge in [-0.25, -0.2) is 4.39 Å². The zero-order valence-electron chi connectivity index (χ0n) is 15.9. The van der Waals surface area contributed by atoms with Gasteiger partial charge in [-0.3, -0.25) is 4.74 Å². The van der Waals surface area contributed by atoms with Gasteiger partial charge >= 0.3 is 6.36 Å². The number of alkyl halides is 4. The number of rotatable bonds is 3. The first-order valence-corrected chi connectivity index (χ1v) is 10.3. The van der Waals surface area contributed by atoms with Gasteiger partial charge in [-0.15, -0.1) is 13.2 Å². The molecule has 0 aromatic carbocycles. The van der Waals surface area contributed by atoms with Crippen LogP contribution in [0.3, 0.4) is 0 Å². The third-order valence-electron chi connectivity index (χ3n) is 7.23. The second kappa shape index (κ2) is 8.20. The summed E-state index contributed by atoms with van der Waals surface area (Å²) in [5.41, 5.74) is 1.28. The summed E-state index contributed by atoms with van der Waals surface area (Å²) in [6.45, 7) is 4.08. The third kappa shape index (κ3) is 4.82. The first kappa shape index (κ1) is 20.2. The molecule has 0 spiro atoms. The Kier molecular flexibility index (Phi) is 6.36. The summed E-state index contributed by atoms with van der Waals surface area (Å²) >= 11 is 0. The number of hydrogen-bond donors (Lipinski definition) is 0. The second-order valence-corrected chi connectivity index (χ2v) is 8.92. The molecule has 5 atom stereocenters. The summed E-state index contributed by atoms with van der Waals surface area (Å²) in [5.74, 6) is 2.09. The lowest BCUT2D eigenvalue weighted by atomic mass is 9.67.